The number of benzene rings is 1. The van der Waals surface area contributed by atoms with Gasteiger partial charge in [-0.05, 0) is 52.3 Å². The highest BCUT2D eigenvalue weighted by atomic mass is 79.9. The Morgan fingerprint density at radius 2 is 2.09 bits per heavy atom. The lowest BCUT2D eigenvalue weighted by molar-refractivity contribution is -0.133. The van der Waals surface area contributed by atoms with Crippen molar-refractivity contribution in [1.82, 2.24) is 4.90 Å². The van der Waals surface area contributed by atoms with E-state index in [0.717, 1.165) is 8.66 Å². The Hall–Kier alpha value is -2.10. The number of amides is 1. The van der Waals surface area contributed by atoms with Crippen molar-refractivity contribution in [2.75, 3.05) is 13.2 Å². The quantitative estimate of drug-likeness (QED) is 0.671. The second-order valence-electron chi connectivity index (χ2n) is 4.69. The zero-order chi connectivity index (χ0) is 16.7. The van der Waals surface area contributed by atoms with Crippen molar-refractivity contribution in [3.8, 4) is 11.8 Å². The van der Waals surface area contributed by atoms with Gasteiger partial charge in [-0.1, -0.05) is 6.08 Å². The molecule has 118 valence electrons. The Morgan fingerprint density at radius 1 is 1.35 bits per heavy atom. The number of nitriles is 1. The number of halogens is 1. The molecule has 1 heterocycles. The largest absolute Gasteiger partial charge is 0.484 e. The van der Waals surface area contributed by atoms with Crippen molar-refractivity contribution < 1.29 is 9.53 Å². The SMILES string of the molecule is C=CCN(Cc1ccc(Br)s1)C(=O)COc1ccc(C#N)cc1. The predicted molar refractivity (Wildman–Crippen MR) is 94.3 cm³/mol. The van der Waals surface area contributed by atoms with E-state index in [-0.39, 0.29) is 12.5 Å². The third kappa shape index (κ3) is 5.23. The molecule has 2 aromatic rings. The van der Waals surface area contributed by atoms with Crippen molar-refractivity contribution in [2.45, 2.75) is 6.54 Å². The Labute approximate surface area is 147 Å². The molecule has 0 radical (unpaired) electrons. The summed E-state index contributed by atoms with van der Waals surface area (Å²) in [5.74, 6) is 0.452. The minimum Gasteiger partial charge on any atom is -0.484 e. The molecule has 4 nitrogen and oxygen atoms in total. The third-order valence-electron chi connectivity index (χ3n) is 3.02. The topological polar surface area (TPSA) is 53.3 Å². The molecule has 1 aromatic carbocycles. The molecule has 0 spiro atoms. The lowest BCUT2D eigenvalue weighted by Crippen LogP contribution is -2.34. The Bertz CT molecular complexity index is 719. The molecule has 23 heavy (non-hydrogen) atoms. The van der Waals surface area contributed by atoms with E-state index in [1.807, 2.05) is 18.2 Å². The average molecular weight is 391 g/mol. The number of ether oxygens (including phenoxy) is 1. The summed E-state index contributed by atoms with van der Waals surface area (Å²) in [7, 11) is 0. The second-order valence-corrected chi connectivity index (χ2v) is 7.24. The first-order chi connectivity index (χ1) is 11.1. The summed E-state index contributed by atoms with van der Waals surface area (Å²) in [6.07, 6.45) is 1.70. The lowest BCUT2D eigenvalue weighted by atomic mass is 10.2. The molecule has 0 bridgehead atoms. The van der Waals surface area contributed by atoms with Crippen LogP contribution in [0.25, 0.3) is 0 Å². The molecule has 0 aliphatic carbocycles. The van der Waals surface area contributed by atoms with Gasteiger partial charge in [0.15, 0.2) is 6.61 Å². The van der Waals surface area contributed by atoms with E-state index in [1.54, 1.807) is 46.6 Å². The first kappa shape index (κ1) is 17.3. The molecule has 0 fully saturated rings. The average Bonchev–Trinajstić information content (AvgIpc) is 2.97. The molecule has 0 aliphatic rings. The van der Waals surface area contributed by atoms with Crippen molar-refractivity contribution >= 4 is 33.2 Å². The molecule has 0 unspecified atom stereocenters. The van der Waals surface area contributed by atoms with E-state index >= 15 is 0 Å². The standard InChI is InChI=1S/C17H15BrN2O2S/c1-2-9-20(11-15-7-8-16(18)23-15)17(21)12-22-14-5-3-13(10-19)4-6-14/h2-8H,1,9,11-12H2. The summed E-state index contributed by atoms with van der Waals surface area (Å²) >= 11 is 5.01. The van der Waals surface area contributed by atoms with Crippen LogP contribution in [0.3, 0.4) is 0 Å². The summed E-state index contributed by atoms with van der Waals surface area (Å²) in [5.41, 5.74) is 0.556. The number of thiophene rings is 1. The normalized spacial score (nSPS) is 9.91. The molecule has 6 heteroatoms. The fourth-order valence-corrected chi connectivity index (χ4v) is 3.40. The van der Waals surface area contributed by atoms with Crippen LogP contribution in [0.4, 0.5) is 0 Å². The highest BCUT2D eigenvalue weighted by Crippen LogP contribution is 2.23. The first-order valence-corrected chi connectivity index (χ1v) is 8.49. The third-order valence-corrected chi connectivity index (χ3v) is 4.63. The second kappa shape index (κ2) is 8.51. The minimum atomic E-state index is -0.112. The number of carbonyl (C=O) groups is 1. The highest BCUT2D eigenvalue weighted by Gasteiger charge is 2.14. The van der Waals surface area contributed by atoms with E-state index in [0.29, 0.717) is 24.4 Å². The maximum atomic E-state index is 12.3. The Balaban J connectivity index is 1.94. The molecular weight excluding hydrogens is 376 g/mol. The first-order valence-electron chi connectivity index (χ1n) is 6.88. The summed E-state index contributed by atoms with van der Waals surface area (Å²) in [6, 6.07) is 12.7. The van der Waals surface area contributed by atoms with Gasteiger partial charge in [0.25, 0.3) is 5.91 Å². The summed E-state index contributed by atoms with van der Waals surface area (Å²) in [4.78, 5) is 15.1. The molecule has 0 saturated carbocycles. The van der Waals surface area contributed by atoms with Crippen LogP contribution in [0.15, 0.2) is 52.8 Å². The number of hydrogen-bond donors (Lipinski definition) is 0. The Morgan fingerprint density at radius 3 is 2.65 bits per heavy atom. The van der Waals surface area contributed by atoms with Gasteiger partial charge in [-0.2, -0.15) is 5.26 Å². The van der Waals surface area contributed by atoms with Gasteiger partial charge in [-0.3, -0.25) is 4.79 Å². The fourth-order valence-electron chi connectivity index (χ4n) is 1.90. The number of nitrogens with zero attached hydrogens (tertiary/aromatic N) is 2. The van der Waals surface area contributed by atoms with Crippen molar-refractivity contribution in [2.24, 2.45) is 0 Å². The van der Waals surface area contributed by atoms with Crippen molar-refractivity contribution in [3.63, 3.8) is 0 Å². The molecule has 2 rings (SSSR count). The number of carbonyl (C=O) groups excluding carboxylic acids is 1. The summed E-state index contributed by atoms with van der Waals surface area (Å²) < 4.78 is 6.53. The molecule has 1 aromatic heterocycles. The summed E-state index contributed by atoms with van der Waals surface area (Å²) in [6.45, 7) is 4.64. The number of rotatable bonds is 7. The van der Waals surface area contributed by atoms with Gasteiger partial charge in [0, 0.05) is 11.4 Å². The van der Waals surface area contributed by atoms with E-state index in [9.17, 15) is 4.79 Å². The van der Waals surface area contributed by atoms with E-state index in [4.69, 9.17) is 10.00 Å². The molecule has 0 aliphatic heterocycles. The van der Waals surface area contributed by atoms with Crippen molar-refractivity contribution in [3.05, 3.63) is 63.3 Å². The van der Waals surface area contributed by atoms with Crippen molar-refractivity contribution in [1.29, 1.82) is 5.26 Å². The van der Waals surface area contributed by atoms with E-state index in [2.05, 4.69) is 22.5 Å². The van der Waals surface area contributed by atoms with Crippen LogP contribution in [-0.2, 0) is 11.3 Å². The van der Waals surface area contributed by atoms with E-state index < -0.39 is 0 Å². The van der Waals surface area contributed by atoms with Crippen LogP contribution >= 0.6 is 27.3 Å². The lowest BCUT2D eigenvalue weighted by Gasteiger charge is -2.20. The van der Waals surface area contributed by atoms with Gasteiger partial charge in [-0.15, -0.1) is 17.9 Å². The molecule has 1 amide bonds. The number of hydrogen-bond acceptors (Lipinski definition) is 4. The van der Waals surface area contributed by atoms with Gasteiger partial charge in [0.1, 0.15) is 5.75 Å². The van der Waals surface area contributed by atoms with Gasteiger partial charge in [0.2, 0.25) is 0 Å². The molecule has 0 atom stereocenters. The van der Waals surface area contributed by atoms with Crippen LogP contribution in [0.5, 0.6) is 5.75 Å². The van der Waals surface area contributed by atoms with Crippen LogP contribution < -0.4 is 4.74 Å². The van der Waals surface area contributed by atoms with Crippen LogP contribution in [-0.4, -0.2) is 24.0 Å². The van der Waals surface area contributed by atoms with Gasteiger partial charge in [0.05, 0.1) is 22.0 Å². The zero-order valence-electron chi connectivity index (χ0n) is 12.4. The molecule has 0 N–H and O–H groups in total. The monoisotopic (exact) mass is 390 g/mol. The highest BCUT2D eigenvalue weighted by molar-refractivity contribution is 9.11. The molecular formula is C17H15BrN2O2S. The maximum Gasteiger partial charge on any atom is 0.261 e. The van der Waals surface area contributed by atoms with Crippen LogP contribution in [0.1, 0.15) is 10.4 Å². The minimum absolute atomic E-state index is 0.0493. The Kier molecular flexibility index (Phi) is 6.39. The van der Waals surface area contributed by atoms with Gasteiger partial charge in [-0.25, -0.2) is 0 Å². The zero-order valence-corrected chi connectivity index (χ0v) is 14.8. The van der Waals surface area contributed by atoms with Gasteiger partial charge >= 0.3 is 0 Å². The predicted octanol–water partition coefficient (Wildman–Crippen LogP) is 3.98. The van der Waals surface area contributed by atoms with Crippen LogP contribution in [0, 0.1) is 11.3 Å². The fraction of sp³-hybridized carbons (Fsp3) is 0.176. The van der Waals surface area contributed by atoms with Gasteiger partial charge < -0.3 is 9.64 Å². The van der Waals surface area contributed by atoms with Crippen LogP contribution in [0.2, 0.25) is 0 Å². The molecule has 0 saturated heterocycles. The smallest absolute Gasteiger partial charge is 0.261 e. The van der Waals surface area contributed by atoms with E-state index in [1.165, 1.54) is 0 Å². The maximum absolute atomic E-state index is 12.3. The summed E-state index contributed by atoms with van der Waals surface area (Å²) in [5, 5.41) is 8.76.